The second-order valence-corrected chi connectivity index (χ2v) is 4.74. The first-order valence-corrected chi connectivity index (χ1v) is 6.34. The first-order valence-electron chi connectivity index (χ1n) is 6.34. The van der Waals surface area contributed by atoms with Crippen molar-refractivity contribution in [2.45, 2.75) is 33.2 Å². The summed E-state index contributed by atoms with van der Waals surface area (Å²) in [5, 5.41) is 11.0. The van der Waals surface area contributed by atoms with Crippen LogP contribution in [0.25, 0.3) is 0 Å². The van der Waals surface area contributed by atoms with E-state index >= 15 is 0 Å². The summed E-state index contributed by atoms with van der Waals surface area (Å²) in [6.45, 7) is 5.99. The van der Waals surface area contributed by atoms with Crippen molar-refractivity contribution in [2.75, 3.05) is 12.3 Å². The summed E-state index contributed by atoms with van der Waals surface area (Å²) in [6.07, 6.45) is 0.717. The van der Waals surface area contributed by atoms with Crippen LogP contribution in [0.2, 0.25) is 0 Å². The molecule has 1 aromatic rings. The highest BCUT2D eigenvalue weighted by molar-refractivity contribution is 5.99. The number of benzene rings is 1. The zero-order valence-electron chi connectivity index (χ0n) is 11.7. The van der Waals surface area contributed by atoms with Crippen molar-refractivity contribution >= 4 is 17.3 Å². The van der Waals surface area contributed by atoms with Crippen molar-refractivity contribution in [1.82, 2.24) is 4.90 Å². The Hall–Kier alpha value is -2.18. The van der Waals surface area contributed by atoms with E-state index in [1.807, 2.05) is 20.8 Å². The number of hydrogen-bond acceptors (Lipinski definition) is 4. The molecule has 7 heteroatoms. The summed E-state index contributed by atoms with van der Waals surface area (Å²) in [4.78, 5) is 24.1. The normalized spacial score (nSPS) is 10.7. The van der Waals surface area contributed by atoms with Crippen molar-refractivity contribution in [3.05, 3.63) is 33.6 Å². The number of amides is 1. The van der Waals surface area contributed by atoms with Crippen molar-refractivity contribution in [1.29, 1.82) is 0 Å². The highest BCUT2D eigenvalue weighted by atomic mass is 19.1. The minimum absolute atomic E-state index is 0.117. The minimum atomic E-state index is -0.903. The lowest BCUT2D eigenvalue weighted by Gasteiger charge is -2.26. The molecule has 0 atom stereocenters. The van der Waals surface area contributed by atoms with Gasteiger partial charge in [0.2, 0.25) is 0 Å². The molecule has 0 aliphatic rings. The van der Waals surface area contributed by atoms with Gasteiger partial charge in [0.05, 0.1) is 16.7 Å². The van der Waals surface area contributed by atoms with E-state index < -0.39 is 22.3 Å². The maximum atomic E-state index is 13.3. The van der Waals surface area contributed by atoms with Crippen LogP contribution in [0, 0.1) is 15.9 Å². The fourth-order valence-electron chi connectivity index (χ4n) is 1.89. The van der Waals surface area contributed by atoms with Crippen LogP contribution >= 0.6 is 0 Å². The quantitative estimate of drug-likeness (QED) is 0.511. The zero-order valence-corrected chi connectivity index (χ0v) is 11.7. The molecule has 1 aromatic carbocycles. The van der Waals surface area contributed by atoms with Gasteiger partial charge in [-0.25, -0.2) is 4.39 Å². The molecule has 0 heterocycles. The van der Waals surface area contributed by atoms with Crippen molar-refractivity contribution in [2.24, 2.45) is 0 Å². The van der Waals surface area contributed by atoms with Gasteiger partial charge in [-0.2, -0.15) is 0 Å². The summed E-state index contributed by atoms with van der Waals surface area (Å²) in [7, 11) is 0. The number of nitrogens with two attached hydrogens (primary N) is 1. The van der Waals surface area contributed by atoms with E-state index in [4.69, 9.17) is 5.73 Å². The van der Waals surface area contributed by atoms with Gasteiger partial charge in [0.15, 0.2) is 5.82 Å². The van der Waals surface area contributed by atoms with E-state index in [2.05, 4.69) is 0 Å². The Labute approximate surface area is 116 Å². The standard InChI is InChI=1S/C13H18FN3O3/c1-4-5-16(8(2)3)13(18)9-6-11(15)10(14)7-12(9)17(19)20/h6-8H,4-5,15H2,1-3H3. The van der Waals surface area contributed by atoms with Crippen LogP contribution in [0.15, 0.2) is 12.1 Å². The third-order valence-corrected chi connectivity index (χ3v) is 2.89. The highest BCUT2D eigenvalue weighted by Crippen LogP contribution is 2.26. The molecule has 110 valence electrons. The van der Waals surface area contributed by atoms with Crippen LogP contribution in [0.1, 0.15) is 37.6 Å². The molecule has 0 radical (unpaired) electrons. The number of carbonyl (C=O) groups is 1. The fourth-order valence-corrected chi connectivity index (χ4v) is 1.89. The van der Waals surface area contributed by atoms with Gasteiger partial charge < -0.3 is 10.6 Å². The Balaban J connectivity index is 3.33. The summed E-state index contributed by atoms with van der Waals surface area (Å²) in [5.74, 6) is -1.42. The van der Waals surface area contributed by atoms with Crippen molar-refractivity contribution in [3.8, 4) is 0 Å². The molecule has 0 aromatic heterocycles. The second kappa shape index (κ2) is 6.31. The number of nitrogens with zero attached hydrogens (tertiary/aromatic N) is 2. The van der Waals surface area contributed by atoms with Crippen LogP contribution in [0.5, 0.6) is 0 Å². The van der Waals surface area contributed by atoms with E-state index in [0.717, 1.165) is 6.07 Å². The molecular weight excluding hydrogens is 265 g/mol. The van der Waals surface area contributed by atoms with E-state index in [0.29, 0.717) is 19.0 Å². The molecule has 0 unspecified atom stereocenters. The van der Waals surface area contributed by atoms with Gasteiger partial charge >= 0.3 is 0 Å². The first-order chi connectivity index (χ1) is 9.29. The average molecular weight is 283 g/mol. The predicted molar refractivity (Wildman–Crippen MR) is 73.9 cm³/mol. The topological polar surface area (TPSA) is 89.5 Å². The SMILES string of the molecule is CCCN(C(=O)c1cc(N)c(F)cc1[N+](=O)[O-])C(C)C. The lowest BCUT2D eigenvalue weighted by Crippen LogP contribution is -2.37. The summed E-state index contributed by atoms with van der Waals surface area (Å²) in [6, 6.07) is 1.60. The Morgan fingerprint density at radius 1 is 1.50 bits per heavy atom. The van der Waals surface area contributed by atoms with Crippen LogP contribution in [-0.2, 0) is 0 Å². The number of nitro benzene ring substituents is 1. The number of halogens is 1. The lowest BCUT2D eigenvalue weighted by molar-refractivity contribution is -0.385. The predicted octanol–water partition coefficient (Wildman–Crippen LogP) is 2.58. The molecule has 6 nitrogen and oxygen atoms in total. The van der Waals surface area contributed by atoms with E-state index in [1.54, 1.807) is 0 Å². The Bertz CT molecular complexity index is 532. The van der Waals surface area contributed by atoms with Crippen LogP contribution < -0.4 is 5.73 Å². The van der Waals surface area contributed by atoms with Crippen LogP contribution in [0.3, 0.4) is 0 Å². The highest BCUT2D eigenvalue weighted by Gasteiger charge is 2.27. The Morgan fingerprint density at radius 3 is 2.55 bits per heavy atom. The molecule has 2 N–H and O–H groups in total. The van der Waals surface area contributed by atoms with Gasteiger partial charge in [-0.05, 0) is 26.3 Å². The molecule has 1 amide bonds. The molecule has 0 fully saturated rings. The molecule has 20 heavy (non-hydrogen) atoms. The van der Waals surface area contributed by atoms with Gasteiger partial charge in [-0.1, -0.05) is 6.92 Å². The first kappa shape index (κ1) is 15.9. The fraction of sp³-hybridized carbons (Fsp3) is 0.462. The second-order valence-electron chi connectivity index (χ2n) is 4.74. The number of anilines is 1. The molecule has 0 saturated heterocycles. The van der Waals surface area contributed by atoms with Crippen LogP contribution in [0.4, 0.5) is 15.8 Å². The Kier molecular flexibility index (Phi) is 5.01. The van der Waals surface area contributed by atoms with E-state index in [-0.39, 0.29) is 17.3 Å². The molecule has 0 aliphatic heterocycles. The number of carbonyl (C=O) groups excluding carboxylic acids is 1. The minimum Gasteiger partial charge on any atom is -0.396 e. The third kappa shape index (κ3) is 3.23. The lowest BCUT2D eigenvalue weighted by atomic mass is 10.1. The maximum Gasteiger partial charge on any atom is 0.285 e. The number of hydrogen-bond donors (Lipinski definition) is 1. The van der Waals surface area contributed by atoms with E-state index in [9.17, 15) is 19.3 Å². The van der Waals surface area contributed by atoms with E-state index in [1.165, 1.54) is 4.90 Å². The average Bonchev–Trinajstić information content (AvgIpc) is 2.37. The molecular formula is C13H18FN3O3. The Morgan fingerprint density at radius 2 is 2.10 bits per heavy atom. The van der Waals surface area contributed by atoms with Gasteiger partial charge in [-0.15, -0.1) is 0 Å². The molecule has 0 bridgehead atoms. The van der Waals surface area contributed by atoms with Crippen LogP contribution in [-0.4, -0.2) is 28.3 Å². The van der Waals surface area contributed by atoms with Gasteiger partial charge in [-0.3, -0.25) is 14.9 Å². The summed E-state index contributed by atoms with van der Waals surface area (Å²) in [5.41, 5.74) is 4.38. The summed E-state index contributed by atoms with van der Waals surface area (Å²) >= 11 is 0. The monoisotopic (exact) mass is 283 g/mol. The maximum absolute atomic E-state index is 13.3. The number of rotatable bonds is 5. The zero-order chi connectivity index (χ0) is 15.4. The third-order valence-electron chi connectivity index (χ3n) is 2.89. The molecule has 0 aliphatic carbocycles. The summed E-state index contributed by atoms with van der Waals surface area (Å²) < 4.78 is 13.3. The number of nitro groups is 1. The molecule has 0 saturated carbocycles. The molecule has 1 rings (SSSR count). The van der Waals surface area contributed by atoms with Crippen molar-refractivity contribution in [3.63, 3.8) is 0 Å². The van der Waals surface area contributed by atoms with Crippen molar-refractivity contribution < 1.29 is 14.1 Å². The van der Waals surface area contributed by atoms with Gasteiger partial charge in [0.25, 0.3) is 11.6 Å². The van der Waals surface area contributed by atoms with Gasteiger partial charge in [0.1, 0.15) is 5.56 Å². The largest absolute Gasteiger partial charge is 0.396 e. The molecule has 0 spiro atoms. The van der Waals surface area contributed by atoms with Gasteiger partial charge in [0, 0.05) is 12.6 Å². The number of nitrogen functional groups attached to an aromatic ring is 1. The smallest absolute Gasteiger partial charge is 0.285 e.